The van der Waals surface area contributed by atoms with Crippen LogP contribution in [-0.4, -0.2) is 16.4 Å². The number of para-hydroxylation sites is 2. The number of benzene rings is 4. The molecule has 0 unspecified atom stereocenters. The largest absolute Gasteiger partial charge is 0.244 e. The van der Waals surface area contributed by atoms with Crippen LogP contribution in [0, 0.1) is 0 Å². The average molecular weight is 563 g/mol. The van der Waals surface area contributed by atoms with Crippen LogP contribution in [0.3, 0.4) is 0 Å². The van der Waals surface area contributed by atoms with Gasteiger partial charge in [0.1, 0.15) is 0 Å². The monoisotopic (exact) mass is 561 g/mol. The summed E-state index contributed by atoms with van der Waals surface area (Å²) in [6.07, 6.45) is 1.63. The van der Waals surface area contributed by atoms with E-state index in [0.29, 0.717) is 10.0 Å². The number of hydrogen-bond acceptors (Lipinski definition) is 3. The van der Waals surface area contributed by atoms with E-state index in [1.165, 1.54) is 0 Å². The summed E-state index contributed by atoms with van der Waals surface area (Å²) in [4.78, 5) is 15.4. The number of nitrogens with zero attached hydrogens (tertiary/aromatic N) is 3. The van der Waals surface area contributed by atoms with Gasteiger partial charge < -0.3 is 0 Å². The highest BCUT2D eigenvalue weighted by Gasteiger charge is 2.17. The predicted octanol–water partition coefficient (Wildman–Crippen LogP) is 9.85. The molecule has 0 saturated carbocycles. The molecule has 1 aromatic heterocycles. The molecule has 1 heterocycles. The lowest BCUT2D eigenvalue weighted by atomic mass is 10.0. The quantitative estimate of drug-likeness (QED) is 0.174. The standard InChI is InChI=1S/C35H29Cl2N3/c1-3-24-18-11-20-28(36)32(24)39-34(26-14-7-5-8-15-26)30-22-13-23-31(38-30)35(27-16-9-6-10-17-27)40-33-25(4-2)19-12-21-29(33)37/h5-23H,3-4H2,1-2H3. The van der Waals surface area contributed by atoms with Crippen molar-refractivity contribution in [2.75, 3.05) is 0 Å². The molecule has 0 aliphatic rings. The van der Waals surface area contributed by atoms with Crippen LogP contribution in [0.15, 0.2) is 125 Å². The van der Waals surface area contributed by atoms with E-state index in [1.54, 1.807) is 0 Å². The zero-order valence-corrected chi connectivity index (χ0v) is 24.0. The van der Waals surface area contributed by atoms with Crippen molar-refractivity contribution in [2.24, 2.45) is 9.98 Å². The second-order valence-electron chi connectivity index (χ2n) is 9.26. The van der Waals surface area contributed by atoms with Crippen LogP contribution in [0.1, 0.15) is 47.5 Å². The third kappa shape index (κ3) is 6.07. The van der Waals surface area contributed by atoms with Crippen molar-refractivity contribution in [3.8, 4) is 0 Å². The number of hydrogen-bond donors (Lipinski definition) is 0. The molecule has 5 aromatic rings. The van der Waals surface area contributed by atoms with Crippen LogP contribution in [0.2, 0.25) is 10.0 Å². The van der Waals surface area contributed by atoms with E-state index in [-0.39, 0.29) is 0 Å². The fourth-order valence-electron chi connectivity index (χ4n) is 4.59. The van der Waals surface area contributed by atoms with Gasteiger partial charge in [-0.25, -0.2) is 15.0 Å². The molecule has 40 heavy (non-hydrogen) atoms. The van der Waals surface area contributed by atoms with Gasteiger partial charge in [-0.3, -0.25) is 0 Å². The molecule has 0 spiro atoms. The van der Waals surface area contributed by atoms with Gasteiger partial charge in [0.25, 0.3) is 0 Å². The van der Waals surface area contributed by atoms with Crippen LogP contribution in [0.25, 0.3) is 0 Å². The summed E-state index contributed by atoms with van der Waals surface area (Å²) in [6.45, 7) is 4.21. The minimum atomic E-state index is 0.612. The predicted molar refractivity (Wildman–Crippen MR) is 169 cm³/mol. The van der Waals surface area contributed by atoms with Crippen LogP contribution in [0.5, 0.6) is 0 Å². The highest BCUT2D eigenvalue weighted by Crippen LogP contribution is 2.32. The summed E-state index contributed by atoms with van der Waals surface area (Å²) in [5, 5.41) is 1.22. The fourth-order valence-corrected chi connectivity index (χ4v) is 5.07. The maximum absolute atomic E-state index is 6.66. The first-order valence-electron chi connectivity index (χ1n) is 13.4. The van der Waals surface area contributed by atoms with Gasteiger partial charge in [0.05, 0.1) is 44.2 Å². The van der Waals surface area contributed by atoms with Gasteiger partial charge in [-0.1, -0.05) is 128 Å². The minimum Gasteiger partial charge on any atom is -0.244 e. The van der Waals surface area contributed by atoms with Gasteiger partial charge in [-0.05, 0) is 48.2 Å². The Balaban J connectivity index is 1.73. The zero-order chi connectivity index (χ0) is 27.9. The first kappa shape index (κ1) is 27.5. The normalized spacial score (nSPS) is 12.0. The van der Waals surface area contributed by atoms with Crippen molar-refractivity contribution in [1.29, 1.82) is 0 Å². The Morgan fingerprint density at radius 2 is 0.925 bits per heavy atom. The van der Waals surface area contributed by atoms with Crippen LogP contribution in [-0.2, 0) is 12.8 Å². The number of halogens is 2. The molecular formula is C35H29Cl2N3. The Kier molecular flexibility index (Phi) is 8.85. The van der Waals surface area contributed by atoms with E-state index >= 15 is 0 Å². The van der Waals surface area contributed by atoms with Crippen molar-refractivity contribution < 1.29 is 0 Å². The molecule has 0 aliphatic heterocycles. The van der Waals surface area contributed by atoms with Gasteiger partial charge in [0.2, 0.25) is 0 Å². The minimum absolute atomic E-state index is 0.612. The van der Waals surface area contributed by atoms with Gasteiger partial charge in [-0.15, -0.1) is 0 Å². The second-order valence-corrected chi connectivity index (χ2v) is 10.1. The smallest absolute Gasteiger partial charge is 0.0966 e. The third-order valence-corrected chi connectivity index (χ3v) is 7.29. The van der Waals surface area contributed by atoms with Crippen molar-refractivity contribution in [2.45, 2.75) is 26.7 Å². The third-order valence-electron chi connectivity index (χ3n) is 6.68. The van der Waals surface area contributed by atoms with E-state index in [1.807, 2.05) is 103 Å². The number of aromatic nitrogens is 1. The molecule has 0 N–H and O–H groups in total. The summed E-state index contributed by atoms with van der Waals surface area (Å²) in [5.41, 5.74) is 8.52. The Labute approximate surface area is 245 Å². The van der Waals surface area contributed by atoms with Crippen LogP contribution >= 0.6 is 23.2 Å². The average Bonchev–Trinajstić information content (AvgIpc) is 3.00. The molecule has 3 nitrogen and oxygen atoms in total. The van der Waals surface area contributed by atoms with Gasteiger partial charge in [-0.2, -0.15) is 0 Å². The molecular weight excluding hydrogens is 533 g/mol. The van der Waals surface area contributed by atoms with Crippen molar-refractivity contribution in [1.82, 2.24) is 4.98 Å². The Morgan fingerprint density at radius 1 is 0.525 bits per heavy atom. The molecule has 0 aliphatic carbocycles. The van der Waals surface area contributed by atoms with Crippen molar-refractivity contribution >= 4 is 46.0 Å². The van der Waals surface area contributed by atoms with E-state index in [2.05, 4.69) is 26.0 Å². The molecule has 5 heteroatoms. The second kappa shape index (κ2) is 12.9. The number of pyridine rings is 1. The van der Waals surface area contributed by atoms with E-state index in [9.17, 15) is 0 Å². The molecule has 0 bridgehead atoms. The van der Waals surface area contributed by atoms with Crippen LogP contribution in [0.4, 0.5) is 11.4 Å². The maximum atomic E-state index is 6.66. The SMILES string of the molecule is CCc1cccc(Cl)c1N=C(c1ccccc1)c1cccc(C(=Nc2c(Cl)cccc2CC)c2ccccc2)n1. The Morgan fingerprint density at radius 3 is 1.32 bits per heavy atom. The number of rotatable bonds is 8. The molecule has 5 rings (SSSR count). The summed E-state index contributed by atoms with van der Waals surface area (Å²) in [7, 11) is 0. The lowest BCUT2D eigenvalue weighted by Crippen LogP contribution is -2.12. The van der Waals surface area contributed by atoms with Gasteiger partial charge in [0, 0.05) is 11.1 Å². The van der Waals surface area contributed by atoms with Gasteiger partial charge in [0.15, 0.2) is 0 Å². The first-order valence-corrected chi connectivity index (χ1v) is 14.2. The highest BCUT2D eigenvalue weighted by molar-refractivity contribution is 6.34. The molecule has 0 fully saturated rings. The Hall–Kier alpha value is -4.05. The summed E-state index contributed by atoms with van der Waals surface area (Å²) < 4.78 is 0. The summed E-state index contributed by atoms with van der Waals surface area (Å²) >= 11 is 13.3. The number of aryl methyl sites for hydroxylation is 2. The lowest BCUT2D eigenvalue weighted by molar-refractivity contribution is 1.13. The van der Waals surface area contributed by atoms with Crippen LogP contribution < -0.4 is 0 Å². The van der Waals surface area contributed by atoms with E-state index in [4.69, 9.17) is 38.2 Å². The summed E-state index contributed by atoms with van der Waals surface area (Å²) in [6, 6.07) is 37.9. The maximum Gasteiger partial charge on any atom is 0.0966 e. The highest BCUT2D eigenvalue weighted by atomic mass is 35.5. The molecule has 0 amide bonds. The molecule has 0 saturated heterocycles. The lowest BCUT2D eigenvalue weighted by Gasteiger charge is -2.13. The molecule has 198 valence electrons. The summed E-state index contributed by atoms with van der Waals surface area (Å²) in [5.74, 6) is 0. The zero-order valence-electron chi connectivity index (χ0n) is 22.5. The van der Waals surface area contributed by atoms with Crippen molar-refractivity contribution in [3.05, 3.63) is 159 Å². The number of aliphatic imine (C=N–C) groups is 2. The molecule has 0 radical (unpaired) electrons. The fraction of sp³-hybridized carbons (Fsp3) is 0.114. The first-order chi connectivity index (χ1) is 19.6. The molecule has 0 atom stereocenters. The Bertz CT molecular complexity index is 1550. The van der Waals surface area contributed by atoms with E-state index < -0.39 is 0 Å². The van der Waals surface area contributed by atoms with E-state index in [0.717, 1.165) is 69.3 Å². The molecule has 4 aromatic carbocycles. The topological polar surface area (TPSA) is 37.6 Å². The van der Waals surface area contributed by atoms with Gasteiger partial charge >= 0.3 is 0 Å². The van der Waals surface area contributed by atoms with Crippen molar-refractivity contribution in [3.63, 3.8) is 0 Å².